The maximum absolute atomic E-state index is 12.2. The number of rotatable bonds is 17. The first-order chi connectivity index (χ1) is 15.9. The molecule has 0 aromatic heterocycles. The Bertz CT molecular complexity index is 665. The molecule has 0 heterocycles. The summed E-state index contributed by atoms with van der Waals surface area (Å²) in [6.07, 6.45) is 0.819. The first kappa shape index (κ1) is 31.1. The quantitative estimate of drug-likeness (QED) is 0.132. The van der Waals surface area contributed by atoms with Gasteiger partial charge in [-0.3, -0.25) is 9.59 Å². The van der Waals surface area contributed by atoms with E-state index < -0.39 is 48.1 Å². The van der Waals surface area contributed by atoms with Gasteiger partial charge >= 0.3 is 18.0 Å². The number of hydrogen-bond acceptors (Lipinski definition) is 9. The first-order valence-electron chi connectivity index (χ1n) is 11.1. The summed E-state index contributed by atoms with van der Waals surface area (Å²) in [5, 5.41) is 19.1. The van der Waals surface area contributed by atoms with Crippen molar-refractivity contribution in [3.05, 3.63) is 0 Å². The SMILES string of the molecule is CCOC(=O)[C@H](CCCCNC(=O)COCC(=O)O)NC(=O)CNCCNC(=O)OC(C)(C)C. The van der Waals surface area contributed by atoms with Gasteiger partial charge in [-0.05, 0) is 47.0 Å². The van der Waals surface area contributed by atoms with E-state index >= 15 is 0 Å². The molecule has 0 rings (SSSR count). The number of carbonyl (C=O) groups excluding carboxylic acids is 4. The summed E-state index contributed by atoms with van der Waals surface area (Å²) < 4.78 is 14.8. The third-order valence-electron chi connectivity index (χ3n) is 3.86. The van der Waals surface area contributed by atoms with Gasteiger partial charge in [0.25, 0.3) is 0 Å². The van der Waals surface area contributed by atoms with E-state index in [1.165, 1.54) is 0 Å². The van der Waals surface area contributed by atoms with Crippen molar-refractivity contribution in [2.75, 3.05) is 46.0 Å². The Balaban J connectivity index is 4.19. The Labute approximate surface area is 199 Å². The molecule has 1 atom stereocenters. The molecule has 3 amide bonds. The van der Waals surface area contributed by atoms with Crippen LogP contribution in [0.3, 0.4) is 0 Å². The number of hydrogen-bond donors (Lipinski definition) is 5. The van der Waals surface area contributed by atoms with Gasteiger partial charge < -0.3 is 40.6 Å². The zero-order chi connectivity index (χ0) is 26.0. The number of alkyl carbamates (subject to hydrolysis) is 1. The maximum atomic E-state index is 12.2. The third-order valence-corrected chi connectivity index (χ3v) is 3.86. The topological polar surface area (TPSA) is 181 Å². The Morgan fingerprint density at radius 1 is 0.912 bits per heavy atom. The van der Waals surface area contributed by atoms with Gasteiger partial charge in [-0.15, -0.1) is 0 Å². The molecule has 0 saturated heterocycles. The second kappa shape index (κ2) is 17.5. The fourth-order valence-corrected chi connectivity index (χ4v) is 2.49. The molecule has 196 valence electrons. The lowest BCUT2D eigenvalue weighted by molar-refractivity contribution is -0.147. The lowest BCUT2D eigenvalue weighted by atomic mass is 10.1. The number of aliphatic carboxylic acids is 1. The second-order valence-corrected chi connectivity index (χ2v) is 8.21. The Kier molecular flexibility index (Phi) is 16.0. The third kappa shape index (κ3) is 18.6. The lowest BCUT2D eigenvalue weighted by Gasteiger charge is -2.19. The van der Waals surface area contributed by atoms with Gasteiger partial charge in [0.05, 0.1) is 13.2 Å². The van der Waals surface area contributed by atoms with Gasteiger partial charge in [0.1, 0.15) is 24.9 Å². The predicted molar refractivity (Wildman–Crippen MR) is 121 cm³/mol. The summed E-state index contributed by atoms with van der Waals surface area (Å²) in [7, 11) is 0. The largest absolute Gasteiger partial charge is 0.480 e. The highest BCUT2D eigenvalue weighted by Crippen LogP contribution is 2.06. The van der Waals surface area contributed by atoms with Crippen LogP contribution in [0, 0.1) is 0 Å². The number of nitrogens with one attached hydrogen (secondary N) is 4. The molecule has 13 heteroatoms. The van der Waals surface area contributed by atoms with E-state index in [0.717, 1.165) is 0 Å². The number of carbonyl (C=O) groups is 5. The molecule has 34 heavy (non-hydrogen) atoms. The molecular weight excluding hydrogens is 452 g/mol. The minimum absolute atomic E-state index is 0.0572. The molecule has 0 aromatic carbocycles. The number of carboxylic acid groups (broad SMARTS) is 1. The monoisotopic (exact) mass is 490 g/mol. The zero-order valence-corrected chi connectivity index (χ0v) is 20.4. The molecule has 0 aliphatic rings. The zero-order valence-electron chi connectivity index (χ0n) is 20.4. The summed E-state index contributed by atoms with van der Waals surface area (Å²) >= 11 is 0. The Morgan fingerprint density at radius 3 is 2.24 bits per heavy atom. The summed E-state index contributed by atoms with van der Waals surface area (Å²) in [4.78, 5) is 57.7. The van der Waals surface area contributed by atoms with Crippen LogP contribution in [0.1, 0.15) is 47.0 Å². The van der Waals surface area contributed by atoms with Crippen LogP contribution < -0.4 is 21.3 Å². The molecule has 0 spiro atoms. The van der Waals surface area contributed by atoms with Crippen molar-refractivity contribution < 1.29 is 43.3 Å². The van der Waals surface area contributed by atoms with Crippen LogP contribution in [0.15, 0.2) is 0 Å². The highest BCUT2D eigenvalue weighted by atomic mass is 16.6. The van der Waals surface area contributed by atoms with Crippen LogP contribution in [0.4, 0.5) is 4.79 Å². The minimum Gasteiger partial charge on any atom is -0.480 e. The predicted octanol–water partition coefficient (Wildman–Crippen LogP) is -0.464. The van der Waals surface area contributed by atoms with E-state index in [0.29, 0.717) is 32.4 Å². The van der Waals surface area contributed by atoms with Crippen LogP contribution in [-0.2, 0) is 33.4 Å². The van der Waals surface area contributed by atoms with Crippen molar-refractivity contribution in [3.8, 4) is 0 Å². The normalized spacial score (nSPS) is 11.8. The smallest absolute Gasteiger partial charge is 0.407 e. The van der Waals surface area contributed by atoms with Crippen LogP contribution in [0.5, 0.6) is 0 Å². The molecular formula is C21H38N4O9. The van der Waals surface area contributed by atoms with Crippen LogP contribution >= 0.6 is 0 Å². The molecule has 0 aromatic rings. The number of carboxylic acids is 1. The Morgan fingerprint density at radius 2 is 1.62 bits per heavy atom. The van der Waals surface area contributed by atoms with Crippen molar-refractivity contribution >= 4 is 29.8 Å². The summed E-state index contributed by atoms with van der Waals surface area (Å²) in [6.45, 7) is 7.04. The fraction of sp³-hybridized carbons (Fsp3) is 0.762. The van der Waals surface area contributed by atoms with Crippen molar-refractivity contribution in [1.29, 1.82) is 0 Å². The van der Waals surface area contributed by atoms with Gasteiger partial charge in [0, 0.05) is 19.6 Å². The number of esters is 1. The highest BCUT2D eigenvalue weighted by Gasteiger charge is 2.21. The van der Waals surface area contributed by atoms with Gasteiger partial charge in [-0.25, -0.2) is 14.4 Å². The maximum Gasteiger partial charge on any atom is 0.407 e. The highest BCUT2D eigenvalue weighted by molar-refractivity contribution is 5.85. The van der Waals surface area contributed by atoms with E-state index in [-0.39, 0.29) is 26.3 Å². The van der Waals surface area contributed by atoms with Crippen molar-refractivity contribution in [2.24, 2.45) is 0 Å². The molecule has 5 N–H and O–H groups in total. The van der Waals surface area contributed by atoms with E-state index in [9.17, 15) is 24.0 Å². The van der Waals surface area contributed by atoms with Crippen LogP contribution in [-0.4, -0.2) is 92.6 Å². The van der Waals surface area contributed by atoms with Crippen molar-refractivity contribution in [2.45, 2.75) is 58.6 Å². The molecule has 0 unspecified atom stereocenters. The minimum atomic E-state index is -1.16. The molecule has 0 aliphatic carbocycles. The van der Waals surface area contributed by atoms with Crippen molar-refractivity contribution in [3.63, 3.8) is 0 Å². The fourth-order valence-electron chi connectivity index (χ4n) is 2.49. The van der Waals surface area contributed by atoms with E-state index in [1.54, 1.807) is 27.7 Å². The van der Waals surface area contributed by atoms with Gasteiger partial charge in [0.15, 0.2) is 0 Å². The summed E-state index contributed by atoms with van der Waals surface area (Å²) in [5.41, 5.74) is -0.596. The lowest BCUT2D eigenvalue weighted by Crippen LogP contribution is -2.46. The number of amides is 3. The summed E-state index contributed by atoms with van der Waals surface area (Å²) in [6, 6.07) is -0.830. The summed E-state index contributed by atoms with van der Waals surface area (Å²) in [5.74, 6) is -2.55. The number of ether oxygens (including phenoxy) is 3. The number of unbranched alkanes of at least 4 members (excludes halogenated alkanes) is 1. The van der Waals surface area contributed by atoms with Gasteiger partial charge in [-0.2, -0.15) is 0 Å². The van der Waals surface area contributed by atoms with Crippen LogP contribution in [0.25, 0.3) is 0 Å². The molecule has 0 saturated carbocycles. The van der Waals surface area contributed by atoms with Crippen molar-refractivity contribution in [1.82, 2.24) is 21.3 Å². The average molecular weight is 491 g/mol. The van der Waals surface area contributed by atoms with E-state index in [2.05, 4.69) is 26.0 Å². The second-order valence-electron chi connectivity index (χ2n) is 8.21. The van der Waals surface area contributed by atoms with Gasteiger partial charge in [-0.1, -0.05) is 0 Å². The molecule has 0 radical (unpaired) electrons. The Hall–Kier alpha value is -2.93. The van der Waals surface area contributed by atoms with Crippen LogP contribution in [0.2, 0.25) is 0 Å². The first-order valence-corrected chi connectivity index (χ1v) is 11.1. The molecule has 0 fully saturated rings. The standard InChI is InChI=1S/C21H38N4O9/c1-5-33-19(30)15(8-6-7-9-23-17(27)13-32-14-18(28)29)25-16(26)12-22-10-11-24-20(31)34-21(2,3)4/h15,22H,5-14H2,1-4H3,(H,23,27)(H,24,31)(H,25,26)(H,28,29)/t15-/m0/s1. The molecule has 0 bridgehead atoms. The van der Waals surface area contributed by atoms with E-state index in [1.807, 2.05) is 0 Å². The molecule has 13 nitrogen and oxygen atoms in total. The average Bonchev–Trinajstić information content (AvgIpc) is 2.71. The molecule has 0 aliphatic heterocycles. The van der Waals surface area contributed by atoms with E-state index in [4.69, 9.17) is 14.6 Å². The van der Waals surface area contributed by atoms with Gasteiger partial charge in [0.2, 0.25) is 11.8 Å².